The van der Waals surface area contributed by atoms with E-state index in [1.165, 1.54) is 12.3 Å². The summed E-state index contributed by atoms with van der Waals surface area (Å²) in [6.45, 7) is 2.90. The summed E-state index contributed by atoms with van der Waals surface area (Å²) in [5.74, 6) is 0.0198. The lowest BCUT2D eigenvalue weighted by atomic mass is 10.0. The van der Waals surface area contributed by atoms with Crippen LogP contribution in [-0.4, -0.2) is 34.4 Å². The summed E-state index contributed by atoms with van der Waals surface area (Å²) in [7, 11) is 0. The van der Waals surface area contributed by atoms with Crippen molar-refractivity contribution in [3.8, 4) is 5.88 Å². The number of halogens is 3. The van der Waals surface area contributed by atoms with E-state index in [2.05, 4.69) is 15.0 Å². The molecule has 3 heterocycles. The number of aromatic amines is 1. The molecule has 0 radical (unpaired) electrons. The number of benzene rings is 2. The highest BCUT2D eigenvalue weighted by atomic mass is 19.4. The maximum Gasteiger partial charge on any atom is 0.418 e. The lowest BCUT2D eigenvalue weighted by Gasteiger charge is -2.23. The van der Waals surface area contributed by atoms with Crippen molar-refractivity contribution in [1.29, 1.82) is 0 Å². The van der Waals surface area contributed by atoms with Gasteiger partial charge in [0.15, 0.2) is 5.88 Å². The number of hydrogen-bond donors (Lipinski definition) is 2. The van der Waals surface area contributed by atoms with Gasteiger partial charge in [-0.15, -0.1) is 0 Å². The van der Waals surface area contributed by atoms with E-state index in [1.54, 1.807) is 17.2 Å². The molecule has 2 aromatic heterocycles. The fourth-order valence-electron chi connectivity index (χ4n) is 4.65. The molecule has 5 nitrogen and oxygen atoms in total. The molecule has 1 unspecified atom stereocenters. The normalized spacial score (nSPS) is 16.7. The van der Waals surface area contributed by atoms with Crippen molar-refractivity contribution in [3.05, 3.63) is 83.2 Å². The van der Waals surface area contributed by atoms with Crippen molar-refractivity contribution < 1.29 is 18.3 Å². The molecule has 1 saturated heterocycles. The van der Waals surface area contributed by atoms with E-state index < -0.39 is 11.7 Å². The van der Waals surface area contributed by atoms with Crippen molar-refractivity contribution in [2.45, 2.75) is 25.4 Å². The standard InChI is InChI=1S/C26H23F3N4O/c1-16-5-4-7-22-24(16)19(25(34)32-22)14-31-18-8-9-23(20(13-18)26(27,28)29)33-12-10-17(15-33)21-6-2-3-11-30-21/h2-9,11,13-14,17,32,34H,10,12,15H2,1H3. The molecule has 0 amide bonds. The smallest absolute Gasteiger partial charge is 0.418 e. The summed E-state index contributed by atoms with van der Waals surface area (Å²) in [4.78, 5) is 13.3. The molecular formula is C26H23F3N4O. The molecule has 4 aromatic rings. The number of alkyl halides is 3. The van der Waals surface area contributed by atoms with Crippen molar-refractivity contribution in [1.82, 2.24) is 9.97 Å². The van der Waals surface area contributed by atoms with E-state index in [0.717, 1.165) is 34.6 Å². The van der Waals surface area contributed by atoms with E-state index in [1.807, 2.05) is 43.3 Å². The topological polar surface area (TPSA) is 64.5 Å². The molecule has 1 aliphatic heterocycles. The third-order valence-corrected chi connectivity index (χ3v) is 6.31. The van der Waals surface area contributed by atoms with Crippen LogP contribution in [0.25, 0.3) is 10.9 Å². The number of anilines is 1. The quantitative estimate of drug-likeness (QED) is 0.347. The Bertz CT molecular complexity index is 1360. The molecule has 2 N–H and O–H groups in total. The van der Waals surface area contributed by atoms with Gasteiger partial charge in [0.25, 0.3) is 0 Å². The van der Waals surface area contributed by atoms with Gasteiger partial charge in [-0.2, -0.15) is 13.2 Å². The number of aromatic nitrogens is 2. The maximum absolute atomic E-state index is 14.0. The van der Waals surface area contributed by atoms with Crippen LogP contribution in [0.5, 0.6) is 5.88 Å². The SMILES string of the molecule is Cc1cccc2[nH]c(O)c(C=Nc3ccc(N4CCC(c5ccccn5)C4)c(C(F)(F)F)c3)c12. The number of aromatic hydroxyl groups is 1. The third-order valence-electron chi connectivity index (χ3n) is 6.31. The van der Waals surface area contributed by atoms with E-state index in [0.29, 0.717) is 18.7 Å². The highest BCUT2D eigenvalue weighted by molar-refractivity contribution is 6.04. The highest BCUT2D eigenvalue weighted by Crippen LogP contribution is 2.41. The van der Waals surface area contributed by atoms with E-state index in [-0.39, 0.29) is 23.2 Å². The molecule has 8 heteroatoms. The fourth-order valence-corrected chi connectivity index (χ4v) is 4.65. The molecule has 0 aliphatic carbocycles. The number of fused-ring (bicyclic) bond motifs is 1. The molecule has 5 rings (SSSR count). The van der Waals surface area contributed by atoms with Crippen LogP contribution in [0.3, 0.4) is 0 Å². The predicted octanol–water partition coefficient (Wildman–Crippen LogP) is 6.34. The maximum atomic E-state index is 14.0. The highest BCUT2D eigenvalue weighted by Gasteiger charge is 2.37. The first-order chi connectivity index (χ1) is 16.3. The van der Waals surface area contributed by atoms with Crippen molar-refractivity contribution in [2.24, 2.45) is 4.99 Å². The van der Waals surface area contributed by atoms with Crippen molar-refractivity contribution in [2.75, 3.05) is 18.0 Å². The summed E-state index contributed by atoms with van der Waals surface area (Å²) >= 11 is 0. The van der Waals surface area contributed by atoms with Crippen molar-refractivity contribution in [3.63, 3.8) is 0 Å². The lowest BCUT2D eigenvalue weighted by Crippen LogP contribution is -2.23. The van der Waals surface area contributed by atoms with Crippen molar-refractivity contribution >= 4 is 28.5 Å². The molecule has 1 fully saturated rings. The Kier molecular flexibility index (Phi) is 5.51. The van der Waals surface area contributed by atoms with Crippen LogP contribution in [0.1, 0.15) is 34.7 Å². The predicted molar refractivity (Wildman–Crippen MR) is 127 cm³/mol. The zero-order valence-electron chi connectivity index (χ0n) is 18.5. The first-order valence-electron chi connectivity index (χ1n) is 11.0. The first-order valence-corrected chi connectivity index (χ1v) is 11.0. The van der Waals surface area contributed by atoms with Gasteiger partial charge in [0.1, 0.15) is 0 Å². The van der Waals surface area contributed by atoms with E-state index in [4.69, 9.17) is 0 Å². The Labute approximate surface area is 194 Å². The molecule has 1 atom stereocenters. The van der Waals surface area contributed by atoms with E-state index >= 15 is 0 Å². The van der Waals surface area contributed by atoms with Gasteiger partial charge in [0.2, 0.25) is 0 Å². The zero-order chi connectivity index (χ0) is 23.9. The molecule has 0 bridgehead atoms. The molecule has 34 heavy (non-hydrogen) atoms. The molecule has 2 aromatic carbocycles. The number of nitrogens with zero attached hydrogens (tertiary/aromatic N) is 3. The monoisotopic (exact) mass is 464 g/mol. The summed E-state index contributed by atoms with van der Waals surface area (Å²) in [5.41, 5.74) is 2.61. The Hall–Kier alpha value is -3.81. The van der Waals surface area contributed by atoms with Crippen LogP contribution in [0.4, 0.5) is 24.5 Å². The largest absolute Gasteiger partial charge is 0.494 e. The Morgan fingerprint density at radius 1 is 1.15 bits per heavy atom. The van der Waals surface area contributed by atoms with Gasteiger partial charge in [-0.3, -0.25) is 9.98 Å². The number of pyridine rings is 1. The molecule has 0 saturated carbocycles. The van der Waals surface area contributed by atoms with Crippen LogP contribution >= 0.6 is 0 Å². The molecular weight excluding hydrogens is 441 g/mol. The van der Waals surface area contributed by atoms with Crippen LogP contribution in [-0.2, 0) is 6.18 Å². The third kappa shape index (κ3) is 4.11. The number of aryl methyl sites for hydroxylation is 1. The Morgan fingerprint density at radius 2 is 2.00 bits per heavy atom. The number of aliphatic imine (C=N–C) groups is 1. The summed E-state index contributed by atoms with van der Waals surface area (Å²) in [6, 6.07) is 15.4. The number of H-pyrrole nitrogens is 1. The van der Waals surface area contributed by atoms with Gasteiger partial charge in [-0.1, -0.05) is 18.2 Å². The van der Waals surface area contributed by atoms with E-state index in [9.17, 15) is 18.3 Å². The Balaban J connectivity index is 1.46. The van der Waals surface area contributed by atoms with Crippen LogP contribution in [0.15, 0.2) is 65.8 Å². The van der Waals surface area contributed by atoms with Gasteiger partial charge in [0.05, 0.1) is 16.8 Å². The van der Waals surface area contributed by atoms with Crippen LogP contribution < -0.4 is 4.90 Å². The number of hydrogen-bond acceptors (Lipinski definition) is 4. The van der Waals surface area contributed by atoms with Gasteiger partial charge < -0.3 is 15.0 Å². The minimum Gasteiger partial charge on any atom is -0.494 e. The van der Waals surface area contributed by atoms with Crippen LogP contribution in [0.2, 0.25) is 0 Å². The second-order valence-corrected chi connectivity index (χ2v) is 8.53. The molecule has 0 spiro atoms. The van der Waals surface area contributed by atoms with Gasteiger partial charge in [0, 0.05) is 53.7 Å². The number of rotatable bonds is 4. The van der Waals surface area contributed by atoms with Crippen LogP contribution in [0, 0.1) is 6.92 Å². The van der Waals surface area contributed by atoms with Gasteiger partial charge in [-0.05, 0) is 55.3 Å². The number of nitrogens with one attached hydrogen (secondary N) is 1. The van der Waals surface area contributed by atoms with Gasteiger partial charge >= 0.3 is 6.18 Å². The lowest BCUT2D eigenvalue weighted by molar-refractivity contribution is -0.137. The second kappa shape index (κ2) is 8.52. The average molecular weight is 464 g/mol. The summed E-state index contributed by atoms with van der Waals surface area (Å²) in [5, 5.41) is 11.1. The summed E-state index contributed by atoms with van der Waals surface area (Å²) < 4.78 is 42.0. The minimum absolute atomic E-state index is 0.0710. The minimum atomic E-state index is -4.52. The average Bonchev–Trinajstić information content (AvgIpc) is 3.43. The van der Waals surface area contributed by atoms with Gasteiger partial charge in [-0.25, -0.2) is 0 Å². The Morgan fingerprint density at radius 3 is 2.76 bits per heavy atom. The molecule has 1 aliphatic rings. The summed E-state index contributed by atoms with van der Waals surface area (Å²) in [6.07, 6.45) is -0.668. The second-order valence-electron chi connectivity index (χ2n) is 8.53. The molecule has 174 valence electrons. The fraction of sp³-hybridized carbons (Fsp3) is 0.231. The first kappa shape index (κ1) is 22.0. The zero-order valence-corrected chi connectivity index (χ0v) is 18.5.